The van der Waals surface area contributed by atoms with Crippen molar-refractivity contribution < 1.29 is 9.47 Å². The highest BCUT2D eigenvalue weighted by Crippen LogP contribution is 2.34. The van der Waals surface area contributed by atoms with E-state index in [2.05, 4.69) is 15.3 Å². The van der Waals surface area contributed by atoms with Crippen LogP contribution in [0.5, 0.6) is 11.5 Å². The van der Waals surface area contributed by atoms with Crippen molar-refractivity contribution in [2.75, 3.05) is 13.2 Å². The summed E-state index contributed by atoms with van der Waals surface area (Å²) >= 11 is 6.44. The summed E-state index contributed by atoms with van der Waals surface area (Å²) in [6.45, 7) is 7.95. The molecule has 3 aromatic rings. The summed E-state index contributed by atoms with van der Waals surface area (Å²) in [6, 6.07) is 11.8. The number of aromatic nitrogens is 2. The number of H-pyrrole nitrogens is 1. The van der Waals surface area contributed by atoms with Gasteiger partial charge in [0.1, 0.15) is 5.82 Å². The predicted molar refractivity (Wildman–Crippen MR) is 110 cm³/mol. The Hall–Kier alpha value is -2.24. The van der Waals surface area contributed by atoms with Gasteiger partial charge in [-0.2, -0.15) is 0 Å². The van der Waals surface area contributed by atoms with Crippen LogP contribution in [0.25, 0.3) is 11.0 Å². The molecule has 0 saturated heterocycles. The number of halogens is 1. The molecule has 2 N–H and O–H groups in total. The Morgan fingerprint density at radius 2 is 2.00 bits per heavy atom. The Kier molecular flexibility index (Phi) is 6.58. The van der Waals surface area contributed by atoms with Crippen LogP contribution in [0, 0.1) is 0 Å². The number of aromatic amines is 1. The standard InChI is InChI=1S/C21H26ClN3O2/c1-4-26-19-11-15(16(22)12-20(19)27-14(2)3)13-23-10-9-21-24-17-7-5-6-8-18(17)25-21/h5-8,11-12,14,23H,4,9-10,13H2,1-3H3,(H,24,25). The van der Waals surface area contributed by atoms with Gasteiger partial charge in [0.25, 0.3) is 0 Å². The maximum Gasteiger partial charge on any atom is 0.163 e. The van der Waals surface area contributed by atoms with Gasteiger partial charge in [-0.05, 0) is 44.5 Å². The Morgan fingerprint density at radius 1 is 1.19 bits per heavy atom. The zero-order valence-corrected chi connectivity index (χ0v) is 16.8. The Labute approximate surface area is 165 Å². The first-order chi connectivity index (χ1) is 13.1. The summed E-state index contributed by atoms with van der Waals surface area (Å²) in [7, 11) is 0. The van der Waals surface area contributed by atoms with E-state index in [1.807, 2.05) is 57.2 Å². The highest BCUT2D eigenvalue weighted by atomic mass is 35.5. The molecule has 0 atom stereocenters. The molecule has 0 aliphatic heterocycles. The van der Waals surface area contributed by atoms with Crippen LogP contribution in [-0.2, 0) is 13.0 Å². The molecule has 0 fully saturated rings. The molecule has 2 aromatic carbocycles. The van der Waals surface area contributed by atoms with Crippen LogP contribution >= 0.6 is 11.6 Å². The van der Waals surface area contributed by atoms with E-state index in [9.17, 15) is 0 Å². The summed E-state index contributed by atoms with van der Waals surface area (Å²) in [5, 5.41) is 4.10. The molecular weight excluding hydrogens is 362 g/mol. The molecule has 0 saturated carbocycles. The van der Waals surface area contributed by atoms with E-state index in [1.165, 1.54) is 0 Å². The number of imidazole rings is 1. The second-order valence-electron chi connectivity index (χ2n) is 6.62. The minimum atomic E-state index is 0.0630. The average Bonchev–Trinajstić information content (AvgIpc) is 3.04. The number of fused-ring (bicyclic) bond motifs is 1. The molecule has 0 aliphatic rings. The van der Waals surface area contributed by atoms with Gasteiger partial charge in [0.05, 0.1) is 23.7 Å². The fraction of sp³-hybridized carbons (Fsp3) is 0.381. The maximum absolute atomic E-state index is 6.44. The van der Waals surface area contributed by atoms with Crippen LogP contribution in [-0.4, -0.2) is 29.2 Å². The van der Waals surface area contributed by atoms with Gasteiger partial charge in [0, 0.05) is 30.6 Å². The molecule has 0 unspecified atom stereocenters. The summed E-state index contributed by atoms with van der Waals surface area (Å²) in [4.78, 5) is 7.94. The van der Waals surface area contributed by atoms with Crippen molar-refractivity contribution in [1.82, 2.24) is 15.3 Å². The van der Waals surface area contributed by atoms with Crippen LogP contribution < -0.4 is 14.8 Å². The first kappa shape index (κ1) is 19.5. The molecule has 1 heterocycles. The van der Waals surface area contributed by atoms with Gasteiger partial charge in [-0.25, -0.2) is 4.98 Å². The van der Waals surface area contributed by atoms with Crippen LogP contribution in [0.1, 0.15) is 32.2 Å². The second kappa shape index (κ2) is 9.11. The maximum atomic E-state index is 6.44. The highest BCUT2D eigenvalue weighted by molar-refractivity contribution is 6.31. The van der Waals surface area contributed by atoms with Gasteiger partial charge in [-0.15, -0.1) is 0 Å². The summed E-state index contributed by atoms with van der Waals surface area (Å²) in [5.74, 6) is 2.39. The van der Waals surface area contributed by atoms with Crippen molar-refractivity contribution >= 4 is 22.6 Å². The van der Waals surface area contributed by atoms with E-state index in [-0.39, 0.29) is 6.10 Å². The quantitative estimate of drug-likeness (QED) is 0.521. The topological polar surface area (TPSA) is 59.2 Å². The third-order valence-corrected chi connectivity index (χ3v) is 4.42. The zero-order valence-electron chi connectivity index (χ0n) is 16.0. The number of nitrogens with zero attached hydrogens (tertiary/aromatic N) is 1. The molecule has 0 spiro atoms. The highest BCUT2D eigenvalue weighted by Gasteiger charge is 2.12. The molecule has 0 amide bonds. The third kappa shape index (κ3) is 5.15. The molecule has 6 heteroatoms. The van der Waals surface area contributed by atoms with Crippen molar-refractivity contribution in [3.63, 3.8) is 0 Å². The molecule has 0 radical (unpaired) electrons. The normalized spacial score (nSPS) is 11.3. The number of nitrogens with one attached hydrogen (secondary N) is 2. The van der Waals surface area contributed by atoms with Gasteiger partial charge in [-0.3, -0.25) is 0 Å². The van der Waals surface area contributed by atoms with E-state index in [0.29, 0.717) is 23.9 Å². The lowest BCUT2D eigenvalue weighted by molar-refractivity contribution is 0.223. The van der Waals surface area contributed by atoms with Crippen LogP contribution in [0.4, 0.5) is 0 Å². The summed E-state index contributed by atoms with van der Waals surface area (Å²) in [6.07, 6.45) is 0.882. The van der Waals surface area contributed by atoms with Crippen LogP contribution in [0.2, 0.25) is 5.02 Å². The van der Waals surface area contributed by atoms with Gasteiger partial charge < -0.3 is 19.8 Å². The Morgan fingerprint density at radius 3 is 2.74 bits per heavy atom. The Balaban J connectivity index is 1.60. The van der Waals surface area contributed by atoms with E-state index >= 15 is 0 Å². The average molecular weight is 388 g/mol. The molecule has 144 valence electrons. The summed E-state index contributed by atoms with van der Waals surface area (Å²) in [5.41, 5.74) is 3.05. The molecular formula is C21H26ClN3O2. The molecule has 3 rings (SSSR count). The summed E-state index contributed by atoms with van der Waals surface area (Å²) < 4.78 is 11.5. The van der Waals surface area contributed by atoms with Crippen molar-refractivity contribution in [2.45, 2.75) is 39.8 Å². The number of ether oxygens (including phenoxy) is 2. The lowest BCUT2D eigenvalue weighted by Gasteiger charge is -2.17. The fourth-order valence-electron chi connectivity index (χ4n) is 2.88. The van der Waals surface area contributed by atoms with Crippen molar-refractivity contribution in [2.24, 2.45) is 0 Å². The van der Waals surface area contributed by atoms with Gasteiger partial charge >= 0.3 is 0 Å². The first-order valence-electron chi connectivity index (χ1n) is 9.33. The molecule has 1 aromatic heterocycles. The number of rotatable bonds is 9. The van der Waals surface area contributed by atoms with Gasteiger partial charge in [0.2, 0.25) is 0 Å². The number of hydrogen-bond acceptors (Lipinski definition) is 4. The van der Waals surface area contributed by atoms with Gasteiger partial charge in [0.15, 0.2) is 11.5 Å². The monoisotopic (exact) mass is 387 g/mol. The zero-order chi connectivity index (χ0) is 19.2. The van der Waals surface area contributed by atoms with Gasteiger partial charge in [-0.1, -0.05) is 23.7 Å². The van der Waals surface area contributed by atoms with Crippen molar-refractivity contribution in [3.05, 3.63) is 52.8 Å². The molecule has 27 heavy (non-hydrogen) atoms. The Bertz CT molecular complexity index is 859. The third-order valence-electron chi connectivity index (χ3n) is 4.07. The number of para-hydroxylation sites is 2. The van der Waals surface area contributed by atoms with Crippen LogP contribution in [0.15, 0.2) is 36.4 Å². The lowest BCUT2D eigenvalue weighted by Crippen LogP contribution is -2.17. The van der Waals surface area contributed by atoms with E-state index in [0.717, 1.165) is 41.1 Å². The SMILES string of the molecule is CCOc1cc(CNCCc2nc3ccccc3[nH]2)c(Cl)cc1OC(C)C. The minimum Gasteiger partial charge on any atom is -0.490 e. The van der Waals surface area contributed by atoms with Crippen molar-refractivity contribution in [3.8, 4) is 11.5 Å². The largest absolute Gasteiger partial charge is 0.490 e. The van der Waals surface area contributed by atoms with E-state index in [4.69, 9.17) is 21.1 Å². The van der Waals surface area contributed by atoms with Crippen molar-refractivity contribution in [1.29, 1.82) is 0 Å². The first-order valence-corrected chi connectivity index (χ1v) is 9.70. The molecule has 0 aliphatic carbocycles. The molecule has 5 nitrogen and oxygen atoms in total. The van der Waals surface area contributed by atoms with E-state index in [1.54, 1.807) is 0 Å². The minimum absolute atomic E-state index is 0.0630. The number of hydrogen-bond donors (Lipinski definition) is 2. The number of benzene rings is 2. The smallest absolute Gasteiger partial charge is 0.163 e. The van der Waals surface area contributed by atoms with E-state index < -0.39 is 0 Å². The van der Waals surface area contributed by atoms with Crippen LogP contribution in [0.3, 0.4) is 0 Å². The molecule has 0 bridgehead atoms. The fourth-order valence-corrected chi connectivity index (χ4v) is 3.10. The lowest BCUT2D eigenvalue weighted by atomic mass is 10.2. The predicted octanol–water partition coefficient (Wildman–Crippen LogP) is 4.73. The second-order valence-corrected chi connectivity index (χ2v) is 7.02.